The van der Waals surface area contributed by atoms with Gasteiger partial charge in [0.1, 0.15) is 5.52 Å². The van der Waals surface area contributed by atoms with E-state index in [4.69, 9.17) is 4.74 Å². The molecule has 12 heteroatoms. The zero-order valence-corrected chi connectivity index (χ0v) is 18.5. The lowest BCUT2D eigenvalue weighted by atomic mass is 9.95. The summed E-state index contributed by atoms with van der Waals surface area (Å²) in [5.74, 6) is 0.330. The lowest BCUT2D eigenvalue weighted by Gasteiger charge is -2.29. The van der Waals surface area contributed by atoms with Crippen molar-refractivity contribution < 1.29 is 22.6 Å². The average Bonchev–Trinajstić information content (AvgIpc) is 3.30. The number of hydrogen-bond donors (Lipinski definition) is 3. The van der Waals surface area contributed by atoms with Gasteiger partial charge >= 0.3 is 6.36 Å². The van der Waals surface area contributed by atoms with Crippen LogP contribution >= 0.6 is 0 Å². The molecular weight excluding hydrogens is 451 g/mol. The van der Waals surface area contributed by atoms with Crippen molar-refractivity contribution in [3.05, 3.63) is 24.5 Å². The lowest BCUT2D eigenvalue weighted by Crippen LogP contribution is -2.36. The van der Waals surface area contributed by atoms with Gasteiger partial charge in [-0.25, -0.2) is 4.98 Å². The first-order valence-corrected chi connectivity index (χ1v) is 11.4. The van der Waals surface area contributed by atoms with Gasteiger partial charge in [0.25, 0.3) is 0 Å². The number of rotatable bonds is 6. The maximum atomic E-state index is 13.2. The summed E-state index contributed by atoms with van der Waals surface area (Å²) in [5.41, 5.74) is 1.80. The second-order valence-corrected chi connectivity index (χ2v) is 8.43. The number of ether oxygens (including phenoxy) is 2. The van der Waals surface area contributed by atoms with E-state index in [0.717, 1.165) is 25.7 Å². The molecule has 3 heterocycles. The van der Waals surface area contributed by atoms with Gasteiger partial charge < -0.3 is 30.0 Å². The highest BCUT2D eigenvalue weighted by molar-refractivity contribution is 5.84. The predicted octanol–water partition coefficient (Wildman–Crippen LogP) is 4.58. The van der Waals surface area contributed by atoms with E-state index in [9.17, 15) is 13.2 Å². The number of alkyl halides is 3. The van der Waals surface area contributed by atoms with Gasteiger partial charge in [-0.05, 0) is 25.0 Å². The van der Waals surface area contributed by atoms with E-state index in [0.29, 0.717) is 49.0 Å². The summed E-state index contributed by atoms with van der Waals surface area (Å²) in [5, 5.41) is 6.34. The Labute approximate surface area is 194 Å². The van der Waals surface area contributed by atoms with Gasteiger partial charge in [-0.2, -0.15) is 9.97 Å². The molecule has 0 unspecified atom stereocenters. The van der Waals surface area contributed by atoms with Crippen LogP contribution in [0.15, 0.2) is 24.5 Å². The van der Waals surface area contributed by atoms with Crippen LogP contribution < -0.4 is 20.3 Å². The number of nitrogens with zero attached hydrogens (tertiary/aromatic N) is 4. The maximum absolute atomic E-state index is 13.2. The molecule has 34 heavy (non-hydrogen) atoms. The van der Waals surface area contributed by atoms with Crippen molar-refractivity contribution in [3.63, 3.8) is 0 Å². The molecule has 182 valence electrons. The van der Waals surface area contributed by atoms with Crippen LogP contribution in [0, 0.1) is 0 Å². The molecule has 1 saturated carbocycles. The van der Waals surface area contributed by atoms with Crippen LogP contribution in [-0.4, -0.2) is 58.6 Å². The lowest BCUT2D eigenvalue weighted by molar-refractivity contribution is -0.274. The third-order valence-electron chi connectivity index (χ3n) is 6.04. The number of nitrogens with one attached hydrogen (secondary N) is 3. The Balaban J connectivity index is 1.44. The largest absolute Gasteiger partial charge is 0.573 e. The second kappa shape index (κ2) is 9.53. The molecule has 2 aromatic heterocycles. The Morgan fingerprint density at radius 3 is 2.65 bits per heavy atom. The molecule has 1 aliphatic heterocycles. The van der Waals surface area contributed by atoms with Crippen LogP contribution in [0.1, 0.15) is 32.1 Å². The summed E-state index contributed by atoms with van der Waals surface area (Å²) in [6.07, 6.45) is 2.24. The molecule has 1 aromatic carbocycles. The number of hydrogen-bond acceptors (Lipinski definition) is 8. The van der Waals surface area contributed by atoms with Crippen LogP contribution in [0.2, 0.25) is 0 Å². The average molecular weight is 477 g/mol. The third kappa shape index (κ3) is 5.27. The highest BCUT2D eigenvalue weighted by Gasteiger charge is 2.33. The molecule has 0 atom stereocenters. The van der Waals surface area contributed by atoms with E-state index in [1.165, 1.54) is 18.8 Å². The number of fused-ring (bicyclic) bond motifs is 1. The van der Waals surface area contributed by atoms with Crippen molar-refractivity contribution in [2.24, 2.45) is 0 Å². The molecule has 2 aliphatic rings. The summed E-state index contributed by atoms with van der Waals surface area (Å²) in [6.45, 7) is 2.22. The summed E-state index contributed by atoms with van der Waals surface area (Å²) in [6, 6.07) is 4.93. The Morgan fingerprint density at radius 1 is 1.09 bits per heavy atom. The number of aromatic amines is 1. The molecule has 1 saturated heterocycles. The molecule has 1 aliphatic carbocycles. The number of morpholine rings is 1. The molecule has 0 amide bonds. The Morgan fingerprint density at radius 2 is 1.88 bits per heavy atom. The molecule has 0 bridgehead atoms. The minimum absolute atomic E-state index is 0.108. The fourth-order valence-electron chi connectivity index (χ4n) is 4.39. The molecule has 2 fully saturated rings. The summed E-state index contributed by atoms with van der Waals surface area (Å²) < 4.78 is 49.2. The highest BCUT2D eigenvalue weighted by Crippen LogP contribution is 2.36. The number of benzene rings is 1. The van der Waals surface area contributed by atoms with E-state index in [1.54, 1.807) is 12.1 Å². The first-order chi connectivity index (χ1) is 16.4. The quantitative estimate of drug-likeness (QED) is 0.475. The minimum atomic E-state index is -4.85. The number of imidazole rings is 1. The van der Waals surface area contributed by atoms with E-state index >= 15 is 0 Å². The highest BCUT2D eigenvalue weighted by atomic mass is 19.4. The number of H-pyrrole nitrogens is 1. The molecule has 9 nitrogen and oxygen atoms in total. The van der Waals surface area contributed by atoms with Crippen LogP contribution in [-0.2, 0) is 4.74 Å². The summed E-state index contributed by atoms with van der Waals surface area (Å²) >= 11 is 0. The van der Waals surface area contributed by atoms with Crippen LogP contribution in [0.5, 0.6) is 5.75 Å². The topological polar surface area (TPSA) is 100 Å². The molecule has 0 spiro atoms. The second-order valence-electron chi connectivity index (χ2n) is 8.43. The van der Waals surface area contributed by atoms with Crippen LogP contribution in [0.4, 0.5) is 36.3 Å². The van der Waals surface area contributed by atoms with Crippen molar-refractivity contribution >= 4 is 34.3 Å². The normalized spacial score (nSPS) is 17.7. The SMILES string of the molecule is FC(F)(F)Oc1cc(N2CCOCC2)ccc1Nc1nc(NC2CCCCC2)c2nc[nH]c2n1. The van der Waals surface area contributed by atoms with Crippen molar-refractivity contribution in [2.75, 3.05) is 41.8 Å². The predicted molar refractivity (Wildman–Crippen MR) is 122 cm³/mol. The van der Waals surface area contributed by atoms with E-state index < -0.39 is 6.36 Å². The third-order valence-corrected chi connectivity index (χ3v) is 6.04. The van der Waals surface area contributed by atoms with Crippen LogP contribution in [0.25, 0.3) is 11.2 Å². The first-order valence-electron chi connectivity index (χ1n) is 11.4. The fraction of sp³-hybridized carbons (Fsp3) is 0.500. The summed E-state index contributed by atoms with van der Waals surface area (Å²) in [4.78, 5) is 18.1. The van der Waals surface area contributed by atoms with Crippen molar-refractivity contribution in [3.8, 4) is 5.75 Å². The van der Waals surface area contributed by atoms with E-state index in [2.05, 4.69) is 35.3 Å². The molecule has 3 N–H and O–H groups in total. The number of anilines is 4. The van der Waals surface area contributed by atoms with E-state index in [1.807, 2.05) is 4.90 Å². The van der Waals surface area contributed by atoms with Crippen LogP contribution in [0.3, 0.4) is 0 Å². The van der Waals surface area contributed by atoms with Gasteiger partial charge in [0.05, 0.1) is 25.2 Å². The van der Waals surface area contributed by atoms with Crippen molar-refractivity contribution in [2.45, 2.75) is 44.5 Å². The molecule has 5 rings (SSSR count). The Kier molecular flexibility index (Phi) is 6.31. The van der Waals surface area contributed by atoms with Gasteiger partial charge in [-0.1, -0.05) is 19.3 Å². The van der Waals surface area contributed by atoms with Crippen molar-refractivity contribution in [1.29, 1.82) is 0 Å². The Hall–Kier alpha value is -3.28. The zero-order valence-electron chi connectivity index (χ0n) is 18.5. The van der Waals surface area contributed by atoms with Gasteiger partial charge in [0.15, 0.2) is 17.2 Å². The van der Waals surface area contributed by atoms with Gasteiger partial charge in [0, 0.05) is 30.9 Å². The molecule has 0 radical (unpaired) electrons. The zero-order chi connectivity index (χ0) is 23.5. The number of halogens is 3. The minimum Gasteiger partial charge on any atom is -0.403 e. The molecule has 3 aromatic rings. The van der Waals surface area contributed by atoms with Gasteiger partial charge in [0.2, 0.25) is 5.95 Å². The van der Waals surface area contributed by atoms with Gasteiger partial charge in [-0.3, -0.25) is 0 Å². The molecular formula is C22H26F3N7O2. The first kappa shape index (κ1) is 22.5. The smallest absolute Gasteiger partial charge is 0.403 e. The fourth-order valence-corrected chi connectivity index (χ4v) is 4.39. The maximum Gasteiger partial charge on any atom is 0.573 e. The van der Waals surface area contributed by atoms with Crippen molar-refractivity contribution in [1.82, 2.24) is 19.9 Å². The number of aromatic nitrogens is 4. The van der Waals surface area contributed by atoms with Gasteiger partial charge in [-0.15, -0.1) is 13.2 Å². The standard InChI is InChI=1S/C22H26F3N7O2/c23-22(24,25)34-17-12-15(32-8-10-33-11-9-32)6-7-16(17)29-21-30-19-18(26-13-27-19)20(31-21)28-14-4-2-1-3-5-14/h6-7,12-14H,1-5,8-11H2,(H3,26,27,28,29,30,31). The van der Waals surface area contributed by atoms with E-state index in [-0.39, 0.29) is 23.4 Å². The summed E-state index contributed by atoms with van der Waals surface area (Å²) in [7, 11) is 0. The monoisotopic (exact) mass is 477 g/mol. The Bertz CT molecular complexity index is 1130.